The summed E-state index contributed by atoms with van der Waals surface area (Å²) in [6.07, 6.45) is 1.11. The summed E-state index contributed by atoms with van der Waals surface area (Å²) < 4.78 is 42.0. The summed E-state index contributed by atoms with van der Waals surface area (Å²) in [4.78, 5) is 22.7. The lowest BCUT2D eigenvalue weighted by Crippen LogP contribution is -2.55. The van der Waals surface area contributed by atoms with Crippen molar-refractivity contribution in [2.45, 2.75) is 64.0 Å². The van der Waals surface area contributed by atoms with Gasteiger partial charge in [-0.3, -0.25) is 4.79 Å². The number of aromatic nitrogens is 2. The molecule has 6 nitrogen and oxygen atoms in total. The van der Waals surface area contributed by atoms with Crippen LogP contribution in [0.15, 0.2) is 30.6 Å². The number of hydrogen-bond donors (Lipinski definition) is 1. The van der Waals surface area contributed by atoms with Crippen molar-refractivity contribution < 1.29 is 22.7 Å². The van der Waals surface area contributed by atoms with Crippen LogP contribution >= 0.6 is 0 Å². The van der Waals surface area contributed by atoms with Gasteiger partial charge in [-0.05, 0) is 62.3 Å². The molecule has 2 atom stereocenters. The Kier molecular flexibility index (Phi) is 5.29. The number of alkyl halides is 3. The lowest BCUT2D eigenvalue weighted by atomic mass is 9.95. The van der Waals surface area contributed by atoms with Gasteiger partial charge in [0.05, 0.1) is 5.56 Å². The third-order valence-electron chi connectivity index (χ3n) is 5.49. The molecule has 160 valence electrons. The van der Waals surface area contributed by atoms with E-state index in [2.05, 4.69) is 20.0 Å². The highest BCUT2D eigenvalue weighted by Crippen LogP contribution is 2.42. The van der Waals surface area contributed by atoms with Crippen LogP contribution in [0.3, 0.4) is 0 Å². The van der Waals surface area contributed by atoms with Gasteiger partial charge in [-0.15, -0.1) is 13.2 Å². The normalized spacial score (nSPS) is 21.2. The van der Waals surface area contributed by atoms with E-state index in [0.29, 0.717) is 17.1 Å². The topological polar surface area (TPSA) is 67.4 Å². The van der Waals surface area contributed by atoms with Crippen molar-refractivity contribution in [3.8, 4) is 5.75 Å². The number of carbonyl (C=O) groups excluding carboxylic acids is 1. The second-order valence-electron chi connectivity index (χ2n) is 8.03. The van der Waals surface area contributed by atoms with Crippen LogP contribution in [0.1, 0.15) is 60.5 Å². The number of anilines is 1. The Labute approximate surface area is 172 Å². The van der Waals surface area contributed by atoms with Gasteiger partial charge in [-0.25, -0.2) is 9.97 Å². The van der Waals surface area contributed by atoms with Gasteiger partial charge in [-0.1, -0.05) is 6.07 Å². The molecule has 1 aromatic carbocycles. The molecule has 0 unspecified atom stereocenters. The van der Waals surface area contributed by atoms with Crippen molar-refractivity contribution in [3.63, 3.8) is 0 Å². The van der Waals surface area contributed by atoms with E-state index in [1.54, 1.807) is 4.90 Å². The average Bonchev–Trinajstić information content (AvgIpc) is 3.50. The van der Waals surface area contributed by atoms with Crippen molar-refractivity contribution in [3.05, 3.63) is 47.3 Å². The van der Waals surface area contributed by atoms with Crippen LogP contribution in [0.5, 0.6) is 5.75 Å². The molecular weight excluding hydrogens is 397 g/mol. The molecule has 1 N–H and O–H groups in total. The Hall–Kier alpha value is -2.84. The predicted octanol–water partition coefficient (Wildman–Crippen LogP) is 4.49. The first-order valence-electron chi connectivity index (χ1n) is 9.98. The molecule has 2 aromatic rings. The summed E-state index contributed by atoms with van der Waals surface area (Å²) >= 11 is 0. The van der Waals surface area contributed by atoms with E-state index < -0.39 is 6.36 Å². The Balaban J connectivity index is 1.42. The molecule has 2 heterocycles. The largest absolute Gasteiger partial charge is 0.573 e. The lowest BCUT2D eigenvalue weighted by molar-refractivity contribution is -0.274. The molecule has 0 radical (unpaired) electrons. The first-order chi connectivity index (χ1) is 14.2. The minimum Gasteiger partial charge on any atom is -0.406 e. The molecule has 1 aliphatic carbocycles. The second-order valence-corrected chi connectivity index (χ2v) is 8.03. The van der Waals surface area contributed by atoms with Gasteiger partial charge in [0.15, 0.2) is 0 Å². The van der Waals surface area contributed by atoms with E-state index in [-0.39, 0.29) is 36.2 Å². The van der Waals surface area contributed by atoms with Gasteiger partial charge in [0.1, 0.15) is 5.75 Å². The quantitative estimate of drug-likeness (QED) is 0.746. The van der Waals surface area contributed by atoms with E-state index >= 15 is 0 Å². The van der Waals surface area contributed by atoms with Crippen LogP contribution < -0.4 is 10.1 Å². The summed E-state index contributed by atoms with van der Waals surface area (Å²) in [5.41, 5.74) is 1.90. The number of halogens is 3. The number of rotatable bonds is 6. The minimum atomic E-state index is -4.73. The van der Waals surface area contributed by atoms with E-state index in [0.717, 1.165) is 24.8 Å². The fourth-order valence-electron chi connectivity index (χ4n) is 3.91. The van der Waals surface area contributed by atoms with Gasteiger partial charge >= 0.3 is 6.36 Å². The smallest absolute Gasteiger partial charge is 0.406 e. The zero-order valence-electron chi connectivity index (χ0n) is 16.7. The number of likely N-dealkylation sites (tertiary alicyclic amines) is 1. The molecule has 9 heteroatoms. The molecule has 0 bridgehead atoms. The first kappa shape index (κ1) is 20.4. The maximum absolute atomic E-state index is 12.6. The third kappa shape index (κ3) is 4.66. The standard InChI is InChI=1S/C21H23F3N4O2/c1-12-5-13(2)28(12)19(29)17-10-26-20(27-11-17)25-9-14-6-16(15-3-4-15)8-18(7-14)30-21(22,23)24/h6-8,10-13,15H,3-5,9H2,1-2H3,(H,25,26,27)/t12-,13-/m0/s1. The number of ether oxygens (including phenoxy) is 1. The van der Waals surface area contributed by atoms with Crippen molar-refractivity contribution in [2.24, 2.45) is 0 Å². The van der Waals surface area contributed by atoms with Crippen molar-refractivity contribution in [1.82, 2.24) is 14.9 Å². The molecule has 2 aliphatic rings. The van der Waals surface area contributed by atoms with E-state index in [1.165, 1.54) is 24.5 Å². The van der Waals surface area contributed by atoms with Crippen LogP contribution in [0.25, 0.3) is 0 Å². The molecule has 1 aromatic heterocycles. The number of nitrogens with zero attached hydrogens (tertiary/aromatic N) is 3. The van der Waals surface area contributed by atoms with Crippen LogP contribution in [0.2, 0.25) is 0 Å². The third-order valence-corrected chi connectivity index (χ3v) is 5.49. The van der Waals surface area contributed by atoms with Crippen LogP contribution in [0, 0.1) is 0 Å². The van der Waals surface area contributed by atoms with Crippen molar-refractivity contribution in [1.29, 1.82) is 0 Å². The molecule has 0 spiro atoms. The molecular formula is C21H23F3N4O2. The Morgan fingerprint density at radius 1 is 1.17 bits per heavy atom. The van der Waals surface area contributed by atoms with Gasteiger partial charge in [0.25, 0.3) is 5.91 Å². The fraction of sp³-hybridized carbons (Fsp3) is 0.476. The number of amides is 1. The highest BCUT2D eigenvalue weighted by molar-refractivity contribution is 5.94. The minimum absolute atomic E-state index is 0.0983. The maximum atomic E-state index is 12.6. The average molecular weight is 420 g/mol. The lowest BCUT2D eigenvalue weighted by Gasteiger charge is -2.45. The summed E-state index contributed by atoms with van der Waals surface area (Å²) in [6.45, 7) is 4.24. The van der Waals surface area contributed by atoms with Gasteiger partial charge in [-0.2, -0.15) is 0 Å². The van der Waals surface area contributed by atoms with Crippen molar-refractivity contribution >= 4 is 11.9 Å². The number of hydrogen-bond acceptors (Lipinski definition) is 5. The summed E-state index contributed by atoms with van der Waals surface area (Å²) in [5.74, 6) is 0.266. The van der Waals surface area contributed by atoms with E-state index in [4.69, 9.17) is 0 Å². The predicted molar refractivity (Wildman–Crippen MR) is 104 cm³/mol. The summed E-state index contributed by atoms with van der Waals surface area (Å²) in [6, 6.07) is 5.09. The highest BCUT2D eigenvalue weighted by Gasteiger charge is 2.36. The molecule has 1 saturated carbocycles. The Morgan fingerprint density at radius 3 is 2.40 bits per heavy atom. The van der Waals surface area contributed by atoms with Crippen molar-refractivity contribution in [2.75, 3.05) is 5.32 Å². The molecule has 2 fully saturated rings. The van der Waals surface area contributed by atoms with E-state index in [1.807, 2.05) is 19.9 Å². The van der Waals surface area contributed by atoms with Crippen LogP contribution in [-0.2, 0) is 6.54 Å². The highest BCUT2D eigenvalue weighted by atomic mass is 19.4. The fourth-order valence-corrected chi connectivity index (χ4v) is 3.91. The van der Waals surface area contributed by atoms with Crippen LogP contribution in [0.4, 0.5) is 19.1 Å². The van der Waals surface area contributed by atoms with Crippen LogP contribution in [-0.4, -0.2) is 39.2 Å². The molecule has 1 amide bonds. The molecule has 30 heavy (non-hydrogen) atoms. The van der Waals surface area contributed by atoms with Gasteiger partial charge < -0.3 is 15.0 Å². The maximum Gasteiger partial charge on any atom is 0.573 e. The molecule has 1 aliphatic heterocycles. The first-order valence-corrected chi connectivity index (χ1v) is 9.98. The number of carbonyl (C=O) groups is 1. The second kappa shape index (κ2) is 7.77. The summed E-state index contributed by atoms with van der Waals surface area (Å²) in [7, 11) is 0. The monoisotopic (exact) mass is 420 g/mol. The number of benzene rings is 1. The Morgan fingerprint density at radius 2 is 1.83 bits per heavy atom. The number of nitrogens with one attached hydrogen (secondary N) is 1. The summed E-state index contributed by atoms with van der Waals surface area (Å²) in [5, 5.41) is 2.99. The van der Waals surface area contributed by atoms with E-state index in [9.17, 15) is 18.0 Å². The SMILES string of the molecule is C[C@H]1C[C@H](C)N1C(=O)c1cnc(NCc2cc(OC(F)(F)F)cc(C3CC3)c2)nc1. The Bertz CT molecular complexity index is 921. The molecule has 4 rings (SSSR count). The zero-order chi connectivity index (χ0) is 21.5. The zero-order valence-corrected chi connectivity index (χ0v) is 16.7. The van der Waals surface area contributed by atoms with Gasteiger partial charge in [0.2, 0.25) is 5.95 Å². The van der Waals surface area contributed by atoms with Gasteiger partial charge in [0, 0.05) is 31.0 Å². The molecule has 1 saturated heterocycles.